The van der Waals surface area contributed by atoms with Crippen LogP contribution in [0.25, 0.3) is 0 Å². The number of nitrogens with one attached hydrogen (secondary N) is 1. The van der Waals surface area contributed by atoms with Crippen molar-refractivity contribution in [2.75, 3.05) is 13.1 Å². The summed E-state index contributed by atoms with van der Waals surface area (Å²) in [5.41, 5.74) is 10.7. The fraction of sp³-hybridized carbons (Fsp3) is 0.533. The van der Waals surface area contributed by atoms with Crippen LogP contribution >= 0.6 is 11.6 Å². The van der Waals surface area contributed by atoms with Crippen LogP contribution in [0.5, 0.6) is 0 Å². The molecule has 0 bridgehead atoms. The van der Waals surface area contributed by atoms with Crippen LogP contribution in [0.2, 0.25) is 5.02 Å². The van der Waals surface area contributed by atoms with E-state index in [1.165, 1.54) is 12.1 Å². The number of hydrogen-bond acceptors (Lipinski definition) is 3. The Labute approximate surface area is 142 Å². The molecule has 23 heavy (non-hydrogen) atoms. The fourth-order valence-corrected chi connectivity index (χ4v) is 4.02. The van der Waals surface area contributed by atoms with E-state index in [1.807, 2.05) is 0 Å². The molecule has 1 saturated carbocycles. The topological polar surface area (TPSA) is 111 Å². The van der Waals surface area contributed by atoms with Crippen LogP contribution in [-0.4, -0.2) is 27.5 Å². The predicted octanol–water partition coefficient (Wildman–Crippen LogP) is 1.70. The highest BCUT2D eigenvalue weighted by Gasteiger charge is 2.23. The molecule has 0 unspecified atom stereocenters. The number of rotatable bonds is 6. The molecule has 0 aliphatic heterocycles. The standard InChI is InChI=1S/C15H23ClN4O2S/c16-13-5-7-14(8-6-13)23(21,22)20-10-12-3-1-11(2-4-12)9-19-15(17)18/h5-8,11-12,20H,1-4,9-10H2,(H4,17,18,19). The number of sulfonamides is 1. The first-order valence-electron chi connectivity index (χ1n) is 7.67. The maximum Gasteiger partial charge on any atom is 0.240 e. The second kappa shape index (κ2) is 7.99. The quantitative estimate of drug-likeness (QED) is 0.530. The van der Waals surface area contributed by atoms with Gasteiger partial charge in [-0.2, -0.15) is 0 Å². The molecule has 1 aromatic rings. The van der Waals surface area contributed by atoms with Gasteiger partial charge in [0, 0.05) is 18.1 Å². The van der Waals surface area contributed by atoms with Gasteiger partial charge in [0.05, 0.1) is 4.90 Å². The number of aliphatic imine (C=N–C) groups is 1. The van der Waals surface area contributed by atoms with E-state index in [1.54, 1.807) is 12.1 Å². The molecule has 1 aliphatic rings. The summed E-state index contributed by atoms with van der Waals surface area (Å²) < 4.78 is 27.1. The molecule has 0 saturated heterocycles. The van der Waals surface area contributed by atoms with Gasteiger partial charge in [0.1, 0.15) is 0 Å². The van der Waals surface area contributed by atoms with E-state index in [0.717, 1.165) is 25.7 Å². The highest BCUT2D eigenvalue weighted by Crippen LogP contribution is 2.28. The van der Waals surface area contributed by atoms with E-state index in [9.17, 15) is 8.42 Å². The van der Waals surface area contributed by atoms with Gasteiger partial charge < -0.3 is 11.5 Å². The van der Waals surface area contributed by atoms with E-state index in [4.69, 9.17) is 23.1 Å². The van der Waals surface area contributed by atoms with Crippen LogP contribution in [0.1, 0.15) is 25.7 Å². The van der Waals surface area contributed by atoms with E-state index in [-0.39, 0.29) is 10.9 Å². The summed E-state index contributed by atoms with van der Waals surface area (Å²) in [6.07, 6.45) is 4.00. The Hall–Kier alpha value is -1.31. The SMILES string of the molecule is NC(N)=NCC1CCC(CNS(=O)(=O)c2ccc(Cl)cc2)CC1. The van der Waals surface area contributed by atoms with Crippen molar-refractivity contribution in [3.63, 3.8) is 0 Å². The maximum absolute atomic E-state index is 12.2. The molecular weight excluding hydrogens is 336 g/mol. The van der Waals surface area contributed by atoms with Gasteiger partial charge in [0.25, 0.3) is 0 Å². The van der Waals surface area contributed by atoms with Gasteiger partial charge in [-0.05, 0) is 61.8 Å². The average molecular weight is 359 g/mol. The van der Waals surface area contributed by atoms with Crippen molar-refractivity contribution >= 4 is 27.6 Å². The minimum Gasteiger partial charge on any atom is -0.370 e. The summed E-state index contributed by atoms with van der Waals surface area (Å²) in [6, 6.07) is 6.17. The molecule has 0 atom stereocenters. The van der Waals surface area contributed by atoms with Crippen LogP contribution in [0.15, 0.2) is 34.2 Å². The molecule has 0 amide bonds. The zero-order valence-corrected chi connectivity index (χ0v) is 14.5. The zero-order valence-electron chi connectivity index (χ0n) is 12.9. The highest BCUT2D eigenvalue weighted by atomic mass is 35.5. The molecule has 1 aliphatic carbocycles. The van der Waals surface area contributed by atoms with E-state index in [2.05, 4.69) is 9.71 Å². The zero-order chi connectivity index (χ0) is 16.9. The number of benzene rings is 1. The van der Waals surface area contributed by atoms with Gasteiger partial charge in [-0.3, -0.25) is 4.99 Å². The third-order valence-corrected chi connectivity index (χ3v) is 5.88. The van der Waals surface area contributed by atoms with Gasteiger partial charge >= 0.3 is 0 Å². The summed E-state index contributed by atoms with van der Waals surface area (Å²) in [6.45, 7) is 1.12. The molecule has 1 aromatic carbocycles. The Bertz CT molecular complexity index is 634. The molecule has 2 rings (SSSR count). The molecule has 0 aromatic heterocycles. The van der Waals surface area contributed by atoms with Crippen molar-refractivity contribution in [2.45, 2.75) is 30.6 Å². The average Bonchev–Trinajstić information content (AvgIpc) is 2.52. The number of hydrogen-bond donors (Lipinski definition) is 3. The second-order valence-corrected chi connectivity index (χ2v) is 8.16. The van der Waals surface area contributed by atoms with Crippen molar-refractivity contribution in [1.29, 1.82) is 0 Å². The van der Waals surface area contributed by atoms with Crippen LogP contribution in [0, 0.1) is 11.8 Å². The van der Waals surface area contributed by atoms with E-state index < -0.39 is 10.0 Å². The van der Waals surface area contributed by atoms with Gasteiger partial charge in [-0.15, -0.1) is 0 Å². The fourth-order valence-electron chi connectivity index (χ4n) is 2.78. The van der Waals surface area contributed by atoms with Gasteiger partial charge in [0.2, 0.25) is 10.0 Å². The third-order valence-electron chi connectivity index (χ3n) is 4.18. The number of guanidine groups is 1. The van der Waals surface area contributed by atoms with Crippen molar-refractivity contribution in [3.8, 4) is 0 Å². The minimum absolute atomic E-state index is 0.128. The van der Waals surface area contributed by atoms with Crippen molar-refractivity contribution in [3.05, 3.63) is 29.3 Å². The summed E-state index contributed by atoms with van der Waals surface area (Å²) >= 11 is 5.78. The lowest BCUT2D eigenvalue weighted by molar-refractivity contribution is 0.280. The normalized spacial score (nSPS) is 21.8. The first-order valence-corrected chi connectivity index (χ1v) is 9.53. The van der Waals surface area contributed by atoms with Gasteiger partial charge in [-0.25, -0.2) is 13.1 Å². The Kier molecular flexibility index (Phi) is 6.26. The van der Waals surface area contributed by atoms with Crippen molar-refractivity contribution in [1.82, 2.24) is 4.72 Å². The molecule has 0 spiro atoms. The smallest absolute Gasteiger partial charge is 0.240 e. The predicted molar refractivity (Wildman–Crippen MR) is 92.8 cm³/mol. The lowest BCUT2D eigenvalue weighted by Crippen LogP contribution is -2.32. The molecule has 8 heteroatoms. The maximum atomic E-state index is 12.2. The lowest BCUT2D eigenvalue weighted by atomic mass is 9.82. The van der Waals surface area contributed by atoms with E-state index in [0.29, 0.717) is 29.9 Å². The summed E-state index contributed by atoms with van der Waals surface area (Å²) in [4.78, 5) is 4.29. The first-order chi connectivity index (χ1) is 10.9. The van der Waals surface area contributed by atoms with Gasteiger partial charge in [-0.1, -0.05) is 11.6 Å². The van der Waals surface area contributed by atoms with Crippen LogP contribution < -0.4 is 16.2 Å². The molecule has 5 N–H and O–H groups in total. The van der Waals surface area contributed by atoms with Crippen LogP contribution in [0.4, 0.5) is 0 Å². The second-order valence-electron chi connectivity index (χ2n) is 5.96. The summed E-state index contributed by atoms with van der Waals surface area (Å²) in [5, 5.41) is 0.517. The molecule has 0 radical (unpaired) electrons. The molecule has 0 heterocycles. The minimum atomic E-state index is -3.47. The van der Waals surface area contributed by atoms with Crippen molar-refractivity contribution in [2.24, 2.45) is 28.3 Å². The number of nitrogens with zero attached hydrogens (tertiary/aromatic N) is 1. The third kappa shape index (κ3) is 5.67. The molecule has 1 fully saturated rings. The Morgan fingerprint density at radius 2 is 1.70 bits per heavy atom. The molecule has 128 valence electrons. The van der Waals surface area contributed by atoms with Crippen LogP contribution in [-0.2, 0) is 10.0 Å². The first kappa shape index (κ1) is 18.0. The Balaban J connectivity index is 1.81. The van der Waals surface area contributed by atoms with E-state index >= 15 is 0 Å². The van der Waals surface area contributed by atoms with Gasteiger partial charge in [0.15, 0.2) is 5.96 Å². The molecular formula is C15H23ClN4O2S. The summed E-state index contributed by atoms with van der Waals surface area (Å²) in [5.74, 6) is 0.969. The number of halogens is 1. The van der Waals surface area contributed by atoms with Crippen LogP contribution in [0.3, 0.4) is 0 Å². The number of nitrogens with two attached hydrogens (primary N) is 2. The monoisotopic (exact) mass is 358 g/mol. The largest absolute Gasteiger partial charge is 0.370 e. The molecule has 6 nitrogen and oxygen atoms in total. The summed E-state index contributed by atoms with van der Waals surface area (Å²) in [7, 11) is -3.47. The van der Waals surface area contributed by atoms with Crippen molar-refractivity contribution < 1.29 is 8.42 Å². The Morgan fingerprint density at radius 3 is 2.26 bits per heavy atom. The lowest BCUT2D eigenvalue weighted by Gasteiger charge is -2.27. The Morgan fingerprint density at radius 1 is 1.13 bits per heavy atom. The highest BCUT2D eigenvalue weighted by molar-refractivity contribution is 7.89.